The Kier molecular flexibility index (Phi) is 3.92. The first-order valence-corrected chi connectivity index (χ1v) is 8.38. The van der Waals surface area contributed by atoms with Gasteiger partial charge in [0.1, 0.15) is 0 Å². The Hall–Kier alpha value is -2.44. The van der Waals surface area contributed by atoms with E-state index in [2.05, 4.69) is 15.1 Å². The minimum atomic E-state index is 0.206. The fourth-order valence-corrected chi connectivity index (χ4v) is 3.17. The molecule has 1 aliphatic carbocycles. The van der Waals surface area contributed by atoms with Crippen LogP contribution in [-0.2, 0) is 4.79 Å². The Balaban J connectivity index is 1.45. The average Bonchev–Trinajstić information content (AvgIpc) is 3.38. The average molecular weight is 328 g/mol. The molecule has 1 amide bonds. The molecule has 1 saturated heterocycles. The van der Waals surface area contributed by atoms with Gasteiger partial charge in [0.15, 0.2) is 0 Å². The number of carbonyl (C=O) groups is 1. The minimum absolute atomic E-state index is 0.206. The van der Waals surface area contributed by atoms with E-state index >= 15 is 0 Å². The first-order valence-electron chi connectivity index (χ1n) is 8.38. The highest BCUT2D eigenvalue weighted by Crippen LogP contribution is 2.34. The van der Waals surface area contributed by atoms with Gasteiger partial charge >= 0.3 is 0 Å². The minimum Gasteiger partial charge on any atom is -0.480 e. The van der Waals surface area contributed by atoms with Crippen LogP contribution >= 0.6 is 0 Å². The van der Waals surface area contributed by atoms with Gasteiger partial charge in [-0.05, 0) is 37.8 Å². The van der Waals surface area contributed by atoms with E-state index in [1.807, 2.05) is 17.0 Å². The van der Waals surface area contributed by atoms with Gasteiger partial charge in [0.05, 0.1) is 12.7 Å². The van der Waals surface area contributed by atoms with Gasteiger partial charge in [0.25, 0.3) is 0 Å². The molecule has 0 aromatic carbocycles. The van der Waals surface area contributed by atoms with E-state index in [1.165, 1.54) is 0 Å². The lowest BCUT2D eigenvalue weighted by Crippen LogP contribution is -2.38. The van der Waals surface area contributed by atoms with Gasteiger partial charge in [-0.1, -0.05) is 5.16 Å². The van der Waals surface area contributed by atoms with Gasteiger partial charge in [-0.3, -0.25) is 4.79 Å². The predicted molar refractivity (Wildman–Crippen MR) is 85.4 cm³/mol. The van der Waals surface area contributed by atoms with Crippen molar-refractivity contribution in [1.82, 2.24) is 20.0 Å². The number of ether oxygens (including phenoxy) is 1. The number of hydrogen-bond donors (Lipinski definition) is 0. The zero-order valence-corrected chi connectivity index (χ0v) is 13.6. The number of likely N-dealkylation sites (tertiary alicyclic amines) is 1. The molecule has 2 aromatic rings. The molecule has 2 aromatic heterocycles. The number of methoxy groups -OCH3 is 1. The Labute approximate surface area is 140 Å². The van der Waals surface area contributed by atoms with Crippen LogP contribution in [-0.4, -0.2) is 46.1 Å². The Morgan fingerprint density at radius 3 is 2.79 bits per heavy atom. The Morgan fingerprint density at radius 1 is 1.29 bits per heavy atom. The Bertz CT molecular complexity index is 733. The lowest BCUT2D eigenvalue weighted by molar-refractivity contribution is -0.133. The second kappa shape index (κ2) is 6.22. The second-order valence-corrected chi connectivity index (χ2v) is 6.39. The van der Waals surface area contributed by atoms with Crippen LogP contribution in [0.5, 0.6) is 5.88 Å². The van der Waals surface area contributed by atoms with E-state index in [-0.39, 0.29) is 11.8 Å². The molecule has 0 bridgehead atoms. The van der Waals surface area contributed by atoms with Gasteiger partial charge in [0, 0.05) is 31.1 Å². The highest BCUT2D eigenvalue weighted by Gasteiger charge is 2.36. The smallest absolute Gasteiger partial charge is 0.230 e. The molecule has 2 fully saturated rings. The lowest BCUT2D eigenvalue weighted by atomic mass is 9.96. The van der Waals surface area contributed by atoms with Crippen LogP contribution in [0.1, 0.15) is 37.5 Å². The van der Waals surface area contributed by atoms with E-state index in [9.17, 15) is 4.79 Å². The molecule has 0 unspecified atom stereocenters. The third-order valence-electron chi connectivity index (χ3n) is 4.73. The van der Waals surface area contributed by atoms with Gasteiger partial charge in [-0.2, -0.15) is 4.98 Å². The third kappa shape index (κ3) is 2.86. The molecule has 0 N–H and O–H groups in total. The molecule has 24 heavy (non-hydrogen) atoms. The summed E-state index contributed by atoms with van der Waals surface area (Å²) in [4.78, 5) is 22.8. The number of rotatable bonds is 4. The molecule has 7 heteroatoms. The number of pyridine rings is 1. The van der Waals surface area contributed by atoms with Crippen LogP contribution in [0.25, 0.3) is 11.4 Å². The van der Waals surface area contributed by atoms with Crippen molar-refractivity contribution in [1.29, 1.82) is 0 Å². The number of aromatic nitrogens is 3. The quantitative estimate of drug-likeness (QED) is 0.856. The van der Waals surface area contributed by atoms with Crippen LogP contribution in [0.4, 0.5) is 0 Å². The maximum Gasteiger partial charge on any atom is 0.230 e. The zero-order valence-electron chi connectivity index (χ0n) is 13.6. The highest BCUT2D eigenvalue weighted by atomic mass is 16.5. The van der Waals surface area contributed by atoms with Crippen LogP contribution < -0.4 is 4.74 Å². The standard InChI is InChI=1S/C17H20N4O3/c1-23-16-13(3-2-8-18-16)14-19-15(24-20-14)11-6-9-21(10-7-11)17(22)12-4-5-12/h2-3,8,11-12H,4-7,9-10H2,1H3. The fourth-order valence-electron chi connectivity index (χ4n) is 3.17. The topological polar surface area (TPSA) is 81.4 Å². The van der Waals surface area contributed by atoms with E-state index in [4.69, 9.17) is 9.26 Å². The summed E-state index contributed by atoms with van der Waals surface area (Å²) in [6.45, 7) is 1.54. The first-order chi connectivity index (χ1) is 11.8. The number of amides is 1. The van der Waals surface area contributed by atoms with E-state index in [0.717, 1.165) is 44.3 Å². The van der Waals surface area contributed by atoms with Gasteiger partial charge in [-0.15, -0.1) is 0 Å². The number of hydrogen-bond acceptors (Lipinski definition) is 6. The van der Waals surface area contributed by atoms with Crippen molar-refractivity contribution in [3.63, 3.8) is 0 Å². The van der Waals surface area contributed by atoms with Crippen molar-refractivity contribution in [2.45, 2.75) is 31.6 Å². The summed E-state index contributed by atoms with van der Waals surface area (Å²) >= 11 is 0. The van der Waals surface area contributed by atoms with E-state index in [0.29, 0.717) is 23.5 Å². The molecule has 0 atom stereocenters. The molecular formula is C17H20N4O3. The molecule has 4 rings (SSSR count). The summed E-state index contributed by atoms with van der Waals surface area (Å²) in [5.41, 5.74) is 0.719. The first kappa shape index (κ1) is 15.1. The third-order valence-corrected chi connectivity index (χ3v) is 4.73. The maximum atomic E-state index is 12.1. The monoisotopic (exact) mass is 328 g/mol. The summed E-state index contributed by atoms with van der Waals surface area (Å²) in [5.74, 6) is 2.42. The molecule has 126 valence electrons. The van der Waals surface area contributed by atoms with Crippen molar-refractivity contribution in [3.05, 3.63) is 24.2 Å². The van der Waals surface area contributed by atoms with Gasteiger partial charge in [0.2, 0.25) is 23.5 Å². The summed E-state index contributed by atoms with van der Waals surface area (Å²) in [5, 5.41) is 4.08. The zero-order chi connectivity index (χ0) is 16.5. The van der Waals surface area contributed by atoms with Gasteiger partial charge < -0.3 is 14.2 Å². The largest absolute Gasteiger partial charge is 0.480 e. The van der Waals surface area contributed by atoms with Gasteiger partial charge in [-0.25, -0.2) is 4.98 Å². The fraction of sp³-hybridized carbons (Fsp3) is 0.529. The maximum absolute atomic E-state index is 12.1. The van der Waals surface area contributed by atoms with Crippen molar-refractivity contribution >= 4 is 5.91 Å². The SMILES string of the molecule is COc1ncccc1-c1noc(C2CCN(C(=O)C3CC3)CC2)n1. The van der Waals surface area contributed by atoms with Crippen LogP contribution in [0.2, 0.25) is 0 Å². The van der Waals surface area contributed by atoms with Crippen LogP contribution in [0, 0.1) is 5.92 Å². The Morgan fingerprint density at radius 2 is 2.08 bits per heavy atom. The van der Waals surface area contributed by atoms with E-state index < -0.39 is 0 Å². The molecule has 7 nitrogen and oxygen atoms in total. The number of carbonyl (C=O) groups excluding carboxylic acids is 1. The molecule has 1 aliphatic heterocycles. The lowest BCUT2D eigenvalue weighted by Gasteiger charge is -2.30. The van der Waals surface area contributed by atoms with Crippen molar-refractivity contribution in [2.24, 2.45) is 5.92 Å². The number of nitrogens with zero attached hydrogens (tertiary/aromatic N) is 4. The molecule has 0 spiro atoms. The predicted octanol–water partition coefficient (Wildman–Crippen LogP) is 2.26. The molecular weight excluding hydrogens is 308 g/mol. The molecule has 0 radical (unpaired) electrons. The van der Waals surface area contributed by atoms with E-state index in [1.54, 1.807) is 13.3 Å². The van der Waals surface area contributed by atoms with Crippen molar-refractivity contribution in [2.75, 3.05) is 20.2 Å². The highest BCUT2D eigenvalue weighted by molar-refractivity contribution is 5.81. The second-order valence-electron chi connectivity index (χ2n) is 6.39. The van der Waals surface area contributed by atoms with Crippen LogP contribution in [0.3, 0.4) is 0 Å². The summed E-state index contributed by atoms with van der Waals surface area (Å²) in [6, 6.07) is 3.67. The molecule has 2 aliphatic rings. The summed E-state index contributed by atoms with van der Waals surface area (Å²) in [6.07, 6.45) is 5.50. The molecule has 1 saturated carbocycles. The normalized spacial score (nSPS) is 18.6. The van der Waals surface area contributed by atoms with Crippen molar-refractivity contribution in [3.8, 4) is 17.3 Å². The van der Waals surface area contributed by atoms with Crippen LogP contribution in [0.15, 0.2) is 22.9 Å². The summed E-state index contributed by atoms with van der Waals surface area (Å²) in [7, 11) is 1.57. The summed E-state index contributed by atoms with van der Waals surface area (Å²) < 4.78 is 10.7. The molecule has 3 heterocycles. The van der Waals surface area contributed by atoms with Crippen molar-refractivity contribution < 1.29 is 14.1 Å². The number of piperidine rings is 1.